The molecule has 9 heteroatoms. The molecule has 0 unspecified atom stereocenters. The Morgan fingerprint density at radius 3 is 2.66 bits per heavy atom. The molecule has 4 rings (SSSR count). The summed E-state index contributed by atoms with van der Waals surface area (Å²) in [6.07, 6.45) is 1.39. The number of ether oxygens (including phenoxy) is 1. The predicted molar refractivity (Wildman–Crippen MR) is 112 cm³/mol. The van der Waals surface area contributed by atoms with Gasteiger partial charge >= 0.3 is 0 Å². The number of nitrogens with zero attached hydrogens (tertiary/aromatic N) is 1. The summed E-state index contributed by atoms with van der Waals surface area (Å²) in [7, 11) is 0. The number of benzene rings is 1. The Morgan fingerprint density at radius 2 is 1.93 bits per heavy atom. The topological polar surface area (TPSA) is 91.5 Å². The summed E-state index contributed by atoms with van der Waals surface area (Å²) < 4.78 is 5.27. The van der Waals surface area contributed by atoms with Crippen LogP contribution in [-0.2, 0) is 11.3 Å². The Morgan fingerprint density at radius 1 is 1.21 bits per heavy atom. The maximum absolute atomic E-state index is 12.8. The summed E-state index contributed by atoms with van der Waals surface area (Å²) in [5.41, 5.74) is 0.480. The van der Waals surface area contributed by atoms with Crippen molar-refractivity contribution in [3.63, 3.8) is 0 Å². The minimum atomic E-state index is -0.477. The van der Waals surface area contributed by atoms with E-state index in [0.717, 1.165) is 5.56 Å². The molecule has 2 aromatic heterocycles. The van der Waals surface area contributed by atoms with Crippen LogP contribution in [0.1, 0.15) is 25.6 Å². The van der Waals surface area contributed by atoms with Crippen LogP contribution in [0, 0.1) is 0 Å². The highest BCUT2D eigenvalue weighted by atomic mass is 35.5. The lowest BCUT2D eigenvalue weighted by molar-refractivity contribution is 0.0306. The molecule has 7 nitrogen and oxygen atoms in total. The quantitative estimate of drug-likeness (QED) is 0.664. The van der Waals surface area contributed by atoms with E-state index >= 15 is 0 Å². The number of pyridine rings is 1. The number of carbonyl (C=O) groups is 2. The third kappa shape index (κ3) is 4.19. The summed E-state index contributed by atoms with van der Waals surface area (Å²) in [5.74, 6) is -0.605. The lowest BCUT2D eigenvalue weighted by atomic mass is 10.2. The van der Waals surface area contributed by atoms with Crippen molar-refractivity contribution in [3.05, 3.63) is 67.8 Å². The molecular weight excluding hydrogens is 414 g/mol. The maximum atomic E-state index is 12.8. The molecule has 1 aromatic carbocycles. The van der Waals surface area contributed by atoms with E-state index in [1.807, 2.05) is 0 Å². The van der Waals surface area contributed by atoms with Crippen LogP contribution >= 0.6 is 22.9 Å². The fourth-order valence-corrected chi connectivity index (χ4v) is 4.21. The number of hydrogen-bond acceptors (Lipinski definition) is 5. The van der Waals surface area contributed by atoms with Gasteiger partial charge in [-0.15, -0.1) is 11.3 Å². The number of amides is 2. The van der Waals surface area contributed by atoms with E-state index in [0.29, 0.717) is 46.4 Å². The molecule has 0 radical (unpaired) electrons. The van der Waals surface area contributed by atoms with E-state index in [4.69, 9.17) is 16.3 Å². The molecule has 3 aromatic rings. The third-order valence-electron chi connectivity index (χ3n) is 4.69. The van der Waals surface area contributed by atoms with Crippen LogP contribution in [0.5, 0.6) is 0 Å². The number of carbonyl (C=O) groups excluding carboxylic acids is 2. The van der Waals surface area contributed by atoms with E-state index in [9.17, 15) is 14.4 Å². The second-order valence-corrected chi connectivity index (χ2v) is 8.09. The van der Waals surface area contributed by atoms with Gasteiger partial charge in [0.25, 0.3) is 11.8 Å². The first-order chi connectivity index (χ1) is 14.0. The number of H-pyrrole nitrogens is 1. The van der Waals surface area contributed by atoms with Gasteiger partial charge in [0.2, 0.25) is 5.43 Å². The number of fused-ring (bicyclic) bond motifs is 1. The van der Waals surface area contributed by atoms with Crippen molar-refractivity contribution in [1.29, 1.82) is 0 Å². The second-order valence-electron chi connectivity index (χ2n) is 6.60. The Labute approximate surface area is 175 Å². The van der Waals surface area contributed by atoms with Crippen molar-refractivity contribution in [1.82, 2.24) is 15.2 Å². The Kier molecular flexibility index (Phi) is 5.66. The fraction of sp³-hybridized carbons (Fsp3) is 0.250. The van der Waals surface area contributed by atoms with Crippen molar-refractivity contribution in [2.24, 2.45) is 0 Å². The maximum Gasteiger partial charge on any atom is 0.264 e. The molecule has 0 atom stereocenters. The number of thiophene rings is 1. The zero-order valence-electron chi connectivity index (χ0n) is 15.4. The lowest BCUT2D eigenvalue weighted by Crippen LogP contribution is -2.40. The number of hydrogen-bond donors (Lipinski definition) is 2. The van der Waals surface area contributed by atoms with Crippen molar-refractivity contribution >= 4 is 45.0 Å². The minimum Gasteiger partial charge on any atom is -0.378 e. The smallest absolute Gasteiger partial charge is 0.264 e. The summed E-state index contributed by atoms with van der Waals surface area (Å²) >= 11 is 7.07. The summed E-state index contributed by atoms with van der Waals surface area (Å²) in [4.78, 5) is 43.7. The van der Waals surface area contributed by atoms with Gasteiger partial charge in [-0.3, -0.25) is 14.4 Å². The minimum absolute atomic E-state index is 0.00892. The highest BCUT2D eigenvalue weighted by Gasteiger charge is 2.22. The molecule has 1 fully saturated rings. The van der Waals surface area contributed by atoms with Crippen LogP contribution in [0.4, 0.5) is 0 Å². The molecule has 29 heavy (non-hydrogen) atoms. The zero-order valence-corrected chi connectivity index (χ0v) is 16.9. The molecule has 0 aliphatic carbocycles. The number of rotatable bonds is 4. The number of nitrogens with one attached hydrogen (secondary N) is 2. The molecule has 3 heterocycles. The summed E-state index contributed by atoms with van der Waals surface area (Å²) in [5, 5.41) is 3.69. The Hall–Kier alpha value is -2.68. The van der Waals surface area contributed by atoms with Gasteiger partial charge in [-0.1, -0.05) is 23.7 Å². The van der Waals surface area contributed by atoms with E-state index in [2.05, 4.69) is 10.3 Å². The average Bonchev–Trinajstić information content (AvgIpc) is 3.19. The van der Waals surface area contributed by atoms with Crippen LogP contribution in [-0.4, -0.2) is 48.0 Å². The monoisotopic (exact) mass is 431 g/mol. The standard InChI is InChI=1S/C20H18ClN3O4S/c21-13-3-1-12(2-4-13)10-22-18(26)15-11-23-19-14(17(15)25)9-16(29-19)20(27)24-5-7-28-8-6-24/h1-4,9,11H,5-8,10H2,(H,22,26)(H,23,25). The number of aromatic amines is 1. The van der Waals surface area contributed by atoms with Crippen LogP contribution in [0.25, 0.3) is 10.2 Å². The predicted octanol–water partition coefficient (Wildman–Crippen LogP) is 2.65. The molecule has 0 spiro atoms. The normalized spacial score (nSPS) is 14.2. The summed E-state index contributed by atoms with van der Waals surface area (Å²) in [6, 6.07) is 8.64. The highest BCUT2D eigenvalue weighted by Crippen LogP contribution is 2.23. The van der Waals surface area contributed by atoms with Crippen molar-refractivity contribution in [3.8, 4) is 0 Å². The van der Waals surface area contributed by atoms with E-state index < -0.39 is 11.3 Å². The van der Waals surface area contributed by atoms with E-state index in [-0.39, 0.29) is 18.0 Å². The van der Waals surface area contributed by atoms with E-state index in [1.54, 1.807) is 35.2 Å². The molecule has 150 valence electrons. The first kappa shape index (κ1) is 19.6. The number of morpholine rings is 1. The molecule has 1 aliphatic rings. The first-order valence-electron chi connectivity index (χ1n) is 9.08. The molecule has 2 amide bonds. The molecule has 2 N–H and O–H groups in total. The molecular formula is C20H18ClN3O4S. The third-order valence-corrected chi connectivity index (χ3v) is 6.00. The van der Waals surface area contributed by atoms with Crippen LogP contribution < -0.4 is 10.7 Å². The fourth-order valence-electron chi connectivity index (χ4n) is 3.09. The van der Waals surface area contributed by atoms with Gasteiger partial charge in [0, 0.05) is 30.9 Å². The zero-order chi connectivity index (χ0) is 20.4. The number of halogens is 1. The largest absolute Gasteiger partial charge is 0.378 e. The van der Waals surface area contributed by atoms with Gasteiger partial charge in [0.15, 0.2) is 0 Å². The van der Waals surface area contributed by atoms with Gasteiger partial charge in [-0.25, -0.2) is 0 Å². The SMILES string of the molecule is O=C(NCc1ccc(Cl)cc1)c1c[nH]c2sc(C(=O)N3CCOCC3)cc2c1=O. The summed E-state index contributed by atoms with van der Waals surface area (Å²) in [6.45, 7) is 2.34. The molecule has 0 saturated carbocycles. The molecule has 0 bridgehead atoms. The first-order valence-corrected chi connectivity index (χ1v) is 10.3. The highest BCUT2D eigenvalue weighted by molar-refractivity contribution is 7.20. The van der Waals surface area contributed by atoms with Crippen LogP contribution in [0.2, 0.25) is 5.02 Å². The average molecular weight is 432 g/mol. The van der Waals surface area contributed by atoms with Gasteiger partial charge in [0.1, 0.15) is 10.4 Å². The van der Waals surface area contributed by atoms with Gasteiger partial charge in [-0.2, -0.15) is 0 Å². The van der Waals surface area contributed by atoms with Crippen LogP contribution in [0.15, 0.2) is 41.3 Å². The second kappa shape index (κ2) is 8.36. The van der Waals surface area contributed by atoms with Gasteiger partial charge < -0.3 is 19.9 Å². The molecule has 1 aliphatic heterocycles. The van der Waals surface area contributed by atoms with Crippen molar-refractivity contribution < 1.29 is 14.3 Å². The van der Waals surface area contributed by atoms with Gasteiger partial charge in [0.05, 0.1) is 23.5 Å². The van der Waals surface area contributed by atoms with E-state index in [1.165, 1.54) is 17.5 Å². The van der Waals surface area contributed by atoms with Crippen molar-refractivity contribution in [2.45, 2.75) is 6.54 Å². The molecule has 1 saturated heterocycles. The Balaban J connectivity index is 1.53. The Bertz CT molecular complexity index is 1120. The van der Waals surface area contributed by atoms with Gasteiger partial charge in [-0.05, 0) is 23.8 Å². The van der Waals surface area contributed by atoms with Crippen molar-refractivity contribution in [2.75, 3.05) is 26.3 Å². The number of aromatic nitrogens is 1. The van der Waals surface area contributed by atoms with Crippen LogP contribution in [0.3, 0.4) is 0 Å². The lowest BCUT2D eigenvalue weighted by Gasteiger charge is -2.26.